The summed E-state index contributed by atoms with van der Waals surface area (Å²) in [7, 11) is 3.32. The summed E-state index contributed by atoms with van der Waals surface area (Å²) in [6, 6.07) is 15.6. The lowest BCUT2D eigenvalue weighted by atomic mass is 10.0. The molecule has 2 heterocycles. The van der Waals surface area contributed by atoms with Gasteiger partial charge < -0.3 is 14.4 Å². The predicted molar refractivity (Wildman–Crippen MR) is 116 cm³/mol. The largest absolute Gasteiger partial charge is 0.497 e. The van der Waals surface area contributed by atoms with Gasteiger partial charge in [0, 0.05) is 0 Å². The number of carbonyl (C=O) groups excluding carboxylic acids is 1. The maximum absolute atomic E-state index is 13.3. The normalized spacial score (nSPS) is 19.2. The van der Waals surface area contributed by atoms with Gasteiger partial charge in [-0.15, -0.1) is 0 Å². The summed E-state index contributed by atoms with van der Waals surface area (Å²) in [5.41, 5.74) is 6.37. The highest BCUT2D eigenvalue weighted by molar-refractivity contribution is 5.81. The number of carbonyl (C=O) groups is 1. The molecule has 0 saturated carbocycles. The fourth-order valence-electron chi connectivity index (χ4n) is 4.19. The lowest BCUT2D eigenvalue weighted by Gasteiger charge is -2.29. The van der Waals surface area contributed by atoms with E-state index in [4.69, 9.17) is 9.47 Å². The second-order valence-corrected chi connectivity index (χ2v) is 7.89. The zero-order chi connectivity index (χ0) is 20.9. The van der Waals surface area contributed by atoms with Crippen molar-refractivity contribution in [3.63, 3.8) is 0 Å². The molecule has 2 aromatic carbocycles. The number of quaternary nitrogens is 1. The third-order valence-corrected chi connectivity index (χ3v) is 5.93. The molecule has 2 aromatic rings. The van der Waals surface area contributed by atoms with Gasteiger partial charge in [-0.3, -0.25) is 10.2 Å². The zero-order valence-electron chi connectivity index (χ0n) is 17.7. The smallest absolute Gasteiger partial charge is 0.296 e. The van der Waals surface area contributed by atoms with Crippen molar-refractivity contribution in [3.8, 4) is 11.5 Å². The maximum atomic E-state index is 13.3. The van der Waals surface area contributed by atoms with E-state index in [0.29, 0.717) is 6.54 Å². The minimum absolute atomic E-state index is 0.118. The van der Waals surface area contributed by atoms with Crippen LogP contribution in [0.15, 0.2) is 54.6 Å². The van der Waals surface area contributed by atoms with Gasteiger partial charge in [0.2, 0.25) is 0 Å². The number of rotatable bonds is 6. The molecule has 0 aromatic heterocycles. The molecule has 2 aliphatic rings. The van der Waals surface area contributed by atoms with Crippen molar-refractivity contribution in [1.82, 2.24) is 10.4 Å². The molecule has 0 radical (unpaired) electrons. The summed E-state index contributed by atoms with van der Waals surface area (Å²) < 4.78 is 10.6. The molecule has 30 heavy (non-hydrogen) atoms. The third kappa shape index (κ3) is 4.44. The highest BCUT2D eigenvalue weighted by Gasteiger charge is 2.33. The van der Waals surface area contributed by atoms with Crippen LogP contribution in [-0.2, 0) is 4.79 Å². The zero-order valence-corrected chi connectivity index (χ0v) is 17.7. The van der Waals surface area contributed by atoms with Gasteiger partial charge in [-0.25, -0.2) is 5.01 Å². The van der Waals surface area contributed by atoms with Gasteiger partial charge in [0.1, 0.15) is 11.5 Å². The Balaban J connectivity index is 1.58. The fourth-order valence-corrected chi connectivity index (χ4v) is 4.19. The first-order chi connectivity index (χ1) is 14.7. The maximum Gasteiger partial charge on any atom is 0.296 e. The molecule has 6 heteroatoms. The Morgan fingerprint density at radius 1 is 0.967 bits per heavy atom. The Kier molecular flexibility index (Phi) is 6.23. The predicted octanol–water partition coefficient (Wildman–Crippen LogP) is 2.20. The average molecular weight is 409 g/mol. The lowest BCUT2D eigenvalue weighted by Crippen LogP contribution is -3.14. The standard InChI is InChI=1S/C24H29N3O3/c1-29-20-10-6-18(7-11-20)22-16-23(19-8-12-21(30-2)13-9-19)27(25-22)24(28)17-26-14-4-3-5-15-26/h6-13,16,23,25H,3-5,14-15,17H2,1-2H3/p+1/t23-/m0/s1. The van der Waals surface area contributed by atoms with Crippen LogP contribution in [0.3, 0.4) is 0 Å². The van der Waals surface area contributed by atoms with Crippen molar-refractivity contribution in [2.75, 3.05) is 33.9 Å². The van der Waals surface area contributed by atoms with Crippen LogP contribution in [0.1, 0.15) is 36.4 Å². The molecule has 4 rings (SSSR count). The number of methoxy groups -OCH3 is 2. The molecule has 1 amide bonds. The molecule has 6 nitrogen and oxygen atoms in total. The first-order valence-electron chi connectivity index (χ1n) is 10.6. The van der Waals surface area contributed by atoms with E-state index in [1.807, 2.05) is 48.5 Å². The van der Waals surface area contributed by atoms with Crippen molar-refractivity contribution in [2.45, 2.75) is 25.3 Å². The summed E-state index contributed by atoms with van der Waals surface area (Å²) in [6.45, 7) is 2.67. The van der Waals surface area contributed by atoms with Crippen LogP contribution in [0, 0.1) is 0 Å². The van der Waals surface area contributed by atoms with Crippen LogP contribution in [0.5, 0.6) is 11.5 Å². The van der Waals surface area contributed by atoms with Crippen LogP contribution >= 0.6 is 0 Å². The van der Waals surface area contributed by atoms with E-state index in [2.05, 4.69) is 11.5 Å². The van der Waals surface area contributed by atoms with Crippen LogP contribution in [0.2, 0.25) is 0 Å². The molecule has 0 bridgehead atoms. The number of piperidine rings is 1. The Morgan fingerprint density at radius 2 is 1.57 bits per heavy atom. The van der Waals surface area contributed by atoms with Crippen molar-refractivity contribution in [1.29, 1.82) is 0 Å². The van der Waals surface area contributed by atoms with E-state index in [-0.39, 0.29) is 11.9 Å². The molecule has 0 spiro atoms. The molecule has 0 unspecified atom stereocenters. The highest BCUT2D eigenvalue weighted by Crippen LogP contribution is 2.32. The van der Waals surface area contributed by atoms with Crippen LogP contribution in [0.4, 0.5) is 0 Å². The van der Waals surface area contributed by atoms with E-state index < -0.39 is 0 Å². The van der Waals surface area contributed by atoms with Crippen molar-refractivity contribution >= 4 is 11.6 Å². The van der Waals surface area contributed by atoms with E-state index in [1.165, 1.54) is 24.2 Å². The third-order valence-electron chi connectivity index (χ3n) is 5.93. The Labute approximate surface area is 178 Å². The molecule has 2 aliphatic heterocycles. The number of nitrogens with one attached hydrogen (secondary N) is 2. The van der Waals surface area contributed by atoms with Crippen molar-refractivity contribution in [2.24, 2.45) is 0 Å². The molecule has 1 saturated heterocycles. The van der Waals surface area contributed by atoms with Crippen molar-refractivity contribution < 1.29 is 19.2 Å². The average Bonchev–Trinajstić information content (AvgIpc) is 3.25. The fraction of sp³-hybridized carbons (Fsp3) is 0.375. The number of ether oxygens (including phenoxy) is 2. The molecular formula is C24H30N3O3+. The number of benzene rings is 2. The Bertz CT molecular complexity index is 887. The molecule has 158 valence electrons. The van der Waals surface area contributed by atoms with E-state index in [1.54, 1.807) is 19.2 Å². The van der Waals surface area contributed by atoms with Gasteiger partial charge in [0.05, 0.1) is 39.0 Å². The summed E-state index contributed by atoms with van der Waals surface area (Å²) >= 11 is 0. The number of nitrogens with zero attached hydrogens (tertiary/aromatic N) is 1. The number of likely N-dealkylation sites (tertiary alicyclic amines) is 1. The lowest BCUT2D eigenvalue weighted by molar-refractivity contribution is -0.897. The Morgan fingerprint density at radius 3 is 2.17 bits per heavy atom. The van der Waals surface area contributed by atoms with Gasteiger partial charge in [0.25, 0.3) is 5.91 Å². The first kappa shape index (κ1) is 20.3. The molecular weight excluding hydrogens is 378 g/mol. The van der Waals surface area contributed by atoms with E-state index in [9.17, 15) is 4.79 Å². The second-order valence-electron chi connectivity index (χ2n) is 7.89. The minimum Gasteiger partial charge on any atom is -0.497 e. The molecule has 1 atom stereocenters. The SMILES string of the molecule is COc1ccc(C2=C[C@@H](c3ccc(OC)cc3)N(C(=O)C[NH+]3CCCCC3)N2)cc1. The van der Waals surface area contributed by atoms with Crippen LogP contribution in [-0.4, -0.2) is 44.8 Å². The summed E-state index contributed by atoms with van der Waals surface area (Å²) in [5.74, 6) is 1.73. The minimum atomic E-state index is -0.162. The quantitative estimate of drug-likeness (QED) is 0.770. The van der Waals surface area contributed by atoms with Gasteiger partial charge in [-0.05, 0) is 72.9 Å². The van der Waals surface area contributed by atoms with Gasteiger partial charge in [0.15, 0.2) is 6.54 Å². The number of hydrogen-bond acceptors (Lipinski definition) is 4. The Hall–Kier alpha value is -2.99. The van der Waals surface area contributed by atoms with E-state index in [0.717, 1.165) is 41.4 Å². The summed E-state index contributed by atoms with van der Waals surface area (Å²) in [4.78, 5) is 14.6. The van der Waals surface area contributed by atoms with Gasteiger partial charge >= 0.3 is 0 Å². The number of hydrogen-bond donors (Lipinski definition) is 2. The monoisotopic (exact) mass is 408 g/mol. The van der Waals surface area contributed by atoms with Crippen molar-refractivity contribution in [3.05, 3.63) is 65.7 Å². The molecule has 2 N–H and O–H groups in total. The molecule has 1 fully saturated rings. The first-order valence-corrected chi connectivity index (χ1v) is 10.6. The second kappa shape index (κ2) is 9.22. The van der Waals surface area contributed by atoms with E-state index >= 15 is 0 Å². The van der Waals surface area contributed by atoms with Gasteiger partial charge in [-0.2, -0.15) is 0 Å². The number of amides is 1. The van der Waals surface area contributed by atoms with Crippen LogP contribution in [0.25, 0.3) is 5.70 Å². The topological polar surface area (TPSA) is 55.2 Å². The van der Waals surface area contributed by atoms with Gasteiger partial charge in [-0.1, -0.05) is 12.1 Å². The molecule has 0 aliphatic carbocycles. The highest BCUT2D eigenvalue weighted by atomic mass is 16.5. The summed E-state index contributed by atoms with van der Waals surface area (Å²) in [6.07, 6.45) is 5.80. The van der Waals surface area contributed by atoms with Crippen LogP contribution < -0.4 is 19.8 Å². The number of hydrazine groups is 1. The summed E-state index contributed by atoms with van der Waals surface area (Å²) in [5, 5.41) is 1.78.